The number of hydrogen-bond donors (Lipinski definition) is 1. The maximum atomic E-state index is 13.2. The number of ether oxygens (including phenoxy) is 1. The van der Waals surface area contributed by atoms with Crippen LogP contribution in [0.4, 0.5) is 23.7 Å². The molecule has 1 fully saturated rings. The fourth-order valence-corrected chi connectivity index (χ4v) is 3.72. The first kappa shape index (κ1) is 26.0. The third-order valence-electron chi connectivity index (χ3n) is 5.55. The maximum Gasteiger partial charge on any atom is 0.433 e. The molecule has 1 aliphatic rings. The lowest BCUT2D eigenvalue weighted by molar-refractivity contribution is -0.144. The number of aryl methyl sites for hydroxylation is 2. The quantitative estimate of drug-likeness (QED) is 0.652. The fourth-order valence-electron chi connectivity index (χ4n) is 3.72. The average molecular weight is 499 g/mol. The molecule has 11 nitrogen and oxygen atoms in total. The number of alkyl halides is 3. The van der Waals surface area contributed by atoms with Crippen molar-refractivity contribution in [3.63, 3.8) is 0 Å². The molecule has 192 valence electrons. The van der Waals surface area contributed by atoms with Gasteiger partial charge in [-0.3, -0.25) is 19.0 Å². The monoisotopic (exact) mass is 499 g/mol. The Kier molecular flexibility index (Phi) is 7.70. The summed E-state index contributed by atoms with van der Waals surface area (Å²) in [5, 5.41) is 10.6. The first-order valence-corrected chi connectivity index (χ1v) is 11.1. The predicted octanol–water partition coefficient (Wildman–Crippen LogP) is 2.22. The van der Waals surface area contributed by atoms with Crippen LogP contribution >= 0.6 is 0 Å². The van der Waals surface area contributed by atoms with Gasteiger partial charge in [-0.05, 0) is 33.8 Å². The van der Waals surface area contributed by atoms with Gasteiger partial charge in [0, 0.05) is 32.4 Å². The lowest BCUT2D eigenvalue weighted by atomic mass is 10.2. The second kappa shape index (κ2) is 10.4. The van der Waals surface area contributed by atoms with Crippen LogP contribution in [0.5, 0.6) is 0 Å². The minimum Gasteiger partial charge on any atom is -0.450 e. The molecule has 1 atom stereocenters. The molecule has 0 radical (unpaired) electrons. The number of halogens is 3. The van der Waals surface area contributed by atoms with Crippen molar-refractivity contribution >= 4 is 23.6 Å². The summed E-state index contributed by atoms with van der Waals surface area (Å²) < 4.78 is 46.4. The molecule has 3 heterocycles. The van der Waals surface area contributed by atoms with Crippen LogP contribution in [0.2, 0.25) is 0 Å². The van der Waals surface area contributed by atoms with Crippen LogP contribution in [0.25, 0.3) is 0 Å². The third-order valence-corrected chi connectivity index (χ3v) is 5.55. The molecule has 2 aromatic rings. The zero-order valence-electron chi connectivity index (χ0n) is 19.9. The number of hydrogen-bond acceptors (Lipinski definition) is 6. The highest BCUT2D eigenvalue weighted by atomic mass is 19.4. The van der Waals surface area contributed by atoms with E-state index in [-0.39, 0.29) is 23.9 Å². The summed E-state index contributed by atoms with van der Waals surface area (Å²) in [6, 6.07) is 0.176. The van der Waals surface area contributed by atoms with E-state index in [0.29, 0.717) is 36.6 Å². The zero-order chi connectivity index (χ0) is 25.9. The van der Waals surface area contributed by atoms with Crippen LogP contribution in [0.1, 0.15) is 37.0 Å². The van der Waals surface area contributed by atoms with Gasteiger partial charge in [0.15, 0.2) is 0 Å². The van der Waals surface area contributed by atoms with E-state index >= 15 is 0 Å². The number of nitrogens with one attached hydrogen (secondary N) is 1. The highest BCUT2D eigenvalue weighted by Gasteiger charge is 2.36. The van der Waals surface area contributed by atoms with Gasteiger partial charge < -0.3 is 19.9 Å². The Morgan fingerprint density at radius 2 is 1.74 bits per heavy atom. The molecule has 14 heteroatoms. The van der Waals surface area contributed by atoms with E-state index in [2.05, 4.69) is 15.5 Å². The molecule has 3 rings (SSSR count). The first-order valence-electron chi connectivity index (χ1n) is 11.1. The average Bonchev–Trinajstić information content (AvgIpc) is 3.34. The normalized spacial score (nSPS) is 15.2. The topological polar surface area (TPSA) is 115 Å². The van der Waals surface area contributed by atoms with E-state index in [9.17, 15) is 27.6 Å². The molecule has 0 saturated carbocycles. The Labute approximate surface area is 199 Å². The van der Waals surface area contributed by atoms with E-state index in [0.717, 1.165) is 6.07 Å². The van der Waals surface area contributed by atoms with Gasteiger partial charge >= 0.3 is 12.3 Å². The minimum atomic E-state index is -4.64. The number of piperazine rings is 1. The molecule has 1 unspecified atom stereocenters. The molecule has 0 spiro atoms. The second-order valence-corrected chi connectivity index (χ2v) is 8.17. The van der Waals surface area contributed by atoms with Gasteiger partial charge in [0.2, 0.25) is 11.8 Å². The number of amides is 3. The van der Waals surface area contributed by atoms with Crippen LogP contribution in [0, 0.1) is 13.8 Å². The van der Waals surface area contributed by atoms with Crippen LogP contribution in [0.3, 0.4) is 0 Å². The van der Waals surface area contributed by atoms with Gasteiger partial charge in [0.05, 0.1) is 23.7 Å². The minimum absolute atomic E-state index is 0.143. The van der Waals surface area contributed by atoms with E-state index in [1.165, 1.54) is 22.7 Å². The molecule has 35 heavy (non-hydrogen) atoms. The lowest BCUT2D eigenvalue weighted by Crippen LogP contribution is -2.52. The number of anilines is 1. The van der Waals surface area contributed by atoms with Crippen molar-refractivity contribution < 1.29 is 32.3 Å². The Morgan fingerprint density at radius 3 is 2.34 bits per heavy atom. The standard InChI is InChI=1S/C21H28F3N7O4/c1-5-35-20(34)29-8-6-28(7-9-29)19(33)15(4)30-11-16(14(3)27-30)25-18(32)12-31-17(21(22,23)24)10-13(2)26-31/h10-11,15H,5-9,12H2,1-4H3,(H,25,32). The van der Waals surface area contributed by atoms with Gasteiger partial charge in [-0.2, -0.15) is 23.4 Å². The number of carbonyl (C=O) groups is 3. The van der Waals surface area contributed by atoms with Crippen molar-refractivity contribution in [2.45, 2.75) is 46.5 Å². The summed E-state index contributed by atoms with van der Waals surface area (Å²) in [4.78, 5) is 40.4. The van der Waals surface area contributed by atoms with E-state index in [1.54, 1.807) is 25.7 Å². The molecule has 0 aromatic carbocycles. The Balaban J connectivity index is 1.62. The molecule has 3 amide bonds. The van der Waals surface area contributed by atoms with Gasteiger partial charge in [0.25, 0.3) is 0 Å². The Hall–Kier alpha value is -3.58. The molecule has 0 bridgehead atoms. The summed E-state index contributed by atoms with van der Waals surface area (Å²) in [5.74, 6) is -0.925. The van der Waals surface area contributed by atoms with Crippen molar-refractivity contribution in [2.24, 2.45) is 0 Å². The van der Waals surface area contributed by atoms with Crippen molar-refractivity contribution in [1.82, 2.24) is 29.4 Å². The van der Waals surface area contributed by atoms with Gasteiger partial charge in [-0.15, -0.1) is 0 Å². The first-order chi connectivity index (χ1) is 16.4. The molecular weight excluding hydrogens is 471 g/mol. The SMILES string of the molecule is CCOC(=O)N1CCN(C(=O)C(C)n2cc(NC(=O)Cn3nc(C)cc3C(F)(F)F)c(C)n2)CC1. The van der Waals surface area contributed by atoms with E-state index in [4.69, 9.17) is 4.74 Å². The largest absolute Gasteiger partial charge is 0.450 e. The molecule has 1 N–H and O–H groups in total. The highest BCUT2D eigenvalue weighted by molar-refractivity contribution is 5.91. The van der Waals surface area contributed by atoms with Crippen molar-refractivity contribution in [3.8, 4) is 0 Å². The Morgan fingerprint density at radius 1 is 1.11 bits per heavy atom. The molecular formula is C21H28F3N7O4. The fraction of sp³-hybridized carbons (Fsp3) is 0.571. The number of nitrogens with zero attached hydrogens (tertiary/aromatic N) is 6. The van der Waals surface area contributed by atoms with Crippen molar-refractivity contribution in [1.29, 1.82) is 0 Å². The predicted molar refractivity (Wildman–Crippen MR) is 117 cm³/mol. The zero-order valence-corrected chi connectivity index (χ0v) is 19.9. The van der Waals surface area contributed by atoms with Crippen LogP contribution in [-0.4, -0.2) is 80.1 Å². The smallest absolute Gasteiger partial charge is 0.433 e. The van der Waals surface area contributed by atoms with Crippen molar-refractivity contribution in [3.05, 3.63) is 29.3 Å². The summed E-state index contributed by atoms with van der Waals surface area (Å²) in [5.41, 5.74) is -0.193. The second-order valence-electron chi connectivity index (χ2n) is 8.17. The third kappa shape index (κ3) is 6.11. The molecule has 0 aliphatic carbocycles. The van der Waals surface area contributed by atoms with Crippen LogP contribution in [-0.2, 0) is 27.0 Å². The maximum absolute atomic E-state index is 13.2. The number of carbonyl (C=O) groups excluding carboxylic acids is 3. The van der Waals surface area contributed by atoms with Gasteiger partial charge in [-0.1, -0.05) is 0 Å². The Bertz CT molecular complexity index is 1090. The summed E-state index contributed by atoms with van der Waals surface area (Å²) in [7, 11) is 0. The van der Waals surface area contributed by atoms with E-state index < -0.39 is 36.5 Å². The van der Waals surface area contributed by atoms with Crippen molar-refractivity contribution in [2.75, 3.05) is 38.1 Å². The number of aromatic nitrogens is 4. The molecule has 1 aliphatic heterocycles. The molecule has 1 saturated heterocycles. The van der Waals surface area contributed by atoms with E-state index in [1.807, 2.05) is 0 Å². The summed E-state index contributed by atoms with van der Waals surface area (Å²) in [6.07, 6.45) is -3.59. The summed E-state index contributed by atoms with van der Waals surface area (Å²) in [6.45, 7) is 7.43. The van der Waals surface area contributed by atoms with Crippen LogP contribution < -0.4 is 5.32 Å². The highest BCUT2D eigenvalue weighted by Crippen LogP contribution is 2.29. The van der Waals surface area contributed by atoms with Crippen LogP contribution in [0.15, 0.2) is 12.3 Å². The molecule has 2 aromatic heterocycles. The summed E-state index contributed by atoms with van der Waals surface area (Å²) >= 11 is 0. The van der Waals surface area contributed by atoms with Gasteiger partial charge in [-0.25, -0.2) is 4.79 Å². The lowest BCUT2D eigenvalue weighted by Gasteiger charge is -2.35. The number of rotatable bonds is 6. The van der Waals surface area contributed by atoms with Gasteiger partial charge in [0.1, 0.15) is 18.3 Å².